The van der Waals surface area contributed by atoms with Crippen LogP contribution in [-0.4, -0.2) is 25.1 Å². The largest absolute Gasteiger partial charge is 0.338 e. The summed E-state index contributed by atoms with van der Waals surface area (Å²) >= 11 is 0. The van der Waals surface area contributed by atoms with Crippen LogP contribution in [-0.2, 0) is 0 Å². The summed E-state index contributed by atoms with van der Waals surface area (Å²) in [6, 6.07) is 14.1. The molecule has 2 aromatic carbocycles. The average Bonchev–Trinajstić information content (AvgIpc) is 3.21. The van der Waals surface area contributed by atoms with E-state index in [1.54, 1.807) is 18.3 Å². The van der Waals surface area contributed by atoms with Gasteiger partial charge in [-0.2, -0.15) is 5.10 Å². The first-order valence-corrected chi connectivity index (χ1v) is 6.96. The quantitative estimate of drug-likeness (QED) is 0.446. The maximum atomic E-state index is 11.0. The molecule has 4 rings (SSSR count). The third-order valence-electron chi connectivity index (χ3n) is 3.63. The van der Waals surface area contributed by atoms with E-state index in [4.69, 9.17) is 0 Å². The molecule has 0 unspecified atom stereocenters. The second-order valence-corrected chi connectivity index (χ2v) is 5.07. The van der Waals surface area contributed by atoms with E-state index in [9.17, 15) is 10.1 Å². The molecular formula is C16H11N5O2. The number of aromatic amines is 2. The number of rotatable bonds is 3. The highest BCUT2D eigenvalue weighted by atomic mass is 16.6. The molecular weight excluding hydrogens is 294 g/mol. The van der Waals surface area contributed by atoms with Gasteiger partial charge in [-0.25, -0.2) is 4.98 Å². The highest BCUT2D eigenvalue weighted by molar-refractivity contribution is 5.84. The van der Waals surface area contributed by atoms with Gasteiger partial charge in [0.2, 0.25) is 0 Å². The molecule has 0 atom stereocenters. The number of nitro groups is 1. The van der Waals surface area contributed by atoms with Crippen LogP contribution in [0.15, 0.2) is 54.7 Å². The van der Waals surface area contributed by atoms with E-state index in [1.807, 2.05) is 24.3 Å². The molecule has 0 radical (unpaired) electrons. The van der Waals surface area contributed by atoms with Crippen molar-refractivity contribution in [1.82, 2.24) is 20.2 Å². The topological polar surface area (TPSA) is 100 Å². The SMILES string of the molecule is O=[N+]([O-])c1cccc(-c2[nH]ncc2-c2nc3ccccc3[nH]2)c1. The zero-order valence-electron chi connectivity index (χ0n) is 11.9. The van der Waals surface area contributed by atoms with Crippen molar-refractivity contribution >= 4 is 16.7 Å². The Labute approximate surface area is 130 Å². The van der Waals surface area contributed by atoms with Crippen LogP contribution in [0.25, 0.3) is 33.7 Å². The van der Waals surface area contributed by atoms with Crippen molar-refractivity contribution in [2.24, 2.45) is 0 Å². The van der Waals surface area contributed by atoms with E-state index in [0.717, 1.165) is 16.6 Å². The minimum Gasteiger partial charge on any atom is -0.338 e. The Bertz CT molecular complexity index is 985. The fourth-order valence-corrected chi connectivity index (χ4v) is 2.54. The Morgan fingerprint density at radius 2 is 1.96 bits per heavy atom. The lowest BCUT2D eigenvalue weighted by atomic mass is 10.1. The number of nitrogens with zero attached hydrogens (tertiary/aromatic N) is 3. The number of para-hydroxylation sites is 2. The number of nitro benzene ring substituents is 1. The van der Waals surface area contributed by atoms with E-state index in [0.29, 0.717) is 17.1 Å². The number of hydrogen-bond acceptors (Lipinski definition) is 4. The van der Waals surface area contributed by atoms with Gasteiger partial charge in [0.15, 0.2) is 0 Å². The molecule has 0 aliphatic carbocycles. The Hall–Kier alpha value is -3.48. The molecule has 23 heavy (non-hydrogen) atoms. The Kier molecular flexibility index (Phi) is 2.90. The predicted octanol–water partition coefficient (Wildman–Crippen LogP) is 3.53. The van der Waals surface area contributed by atoms with Gasteiger partial charge in [-0.05, 0) is 12.1 Å². The normalized spacial score (nSPS) is 11.0. The minimum absolute atomic E-state index is 0.0349. The Morgan fingerprint density at radius 1 is 1.09 bits per heavy atom. The molecule has 0 fully saturated rings. The second-order valence-electron chi connectivity index (χ2n) is 5.07. The number of fused-ring (bicyclic) bond motifs is 1. The van der Waals surface area contributed by atoms with Crippen molar-refractivity contribution in [2.45, 2.75) is 0 Å². The number of aromatic nitrogens is 4. The van der Waals surface area contributed by atoms with Gasteiger partial charge in [-0.3, -0.25) is 15.2 Å². The van der Waals surface area contributed by atoms with Crippen molar-refractivity contribution in [3.8, 4) is 22.6 Å². The zero-order chi connectivity index (χ0) is 15.8. The summed E-state index contributed by atoms with van der Waals surface area (Å²) in [5, 5.41) is 17.9. The van der Waals surface area contributed by atoms with Crippen molar-refractivity contribution < 1.29 is 4.92 Å². The molecule has 0 amide bonds. The van der Waals surface area contributed by atoms with E-state index >= 15 is 0 Å². The Balaban J connectivity index is 1.85. The number of non-ortho nitro benzene ring substituents is 1. The van der Waals surface area contributed by atoms with Gasteiger partial charge in [0.05, 0.1) is 33.4 Å². The third kappa shape index (κ3) is 2.24. The van der Waals surface area contributed by atoms with Crippen LogP contribution in [0.2, 0.25) is 0 Å². The van der Waals surface area contributed by atoms with E-state index in [2.05, 4.69) is 20.2 Å². The molecule has 7 heteroatoms. The van der Waals surface area contributed by atoms with E-state index < -0.39 is 4.92 Å². The highest BCUT2D eigenvalue weighted by Gasteiger charge is 2.15. The van der Waals surface area contributed by atoms with Gasteiger partial charge in [0, 0.05) is 17.7 Å². The molecule has 2 N–H and O–H groups in total. The summed E-state index contributed by atoms with van der Waals surface area (Å²) in [6.07, 6.45) is 1.66. The smallest absolute Gasteiger partial charge is 0.270 e. The number of imidazole rings is 1. The molecule has 0 spiro atoms. The first-order valence-electron chi connectivity index (χ1n) is 6.96. The zero-order valence-corrected chi connectivity index (χ0v) is 11.9. The number of H-pyrrole nitrogens is 2. The van der Waals surface area contributed by atoms with Crippen molar-refractivity contribution in [1.29, 1.82) is 0 Å². The van der Waals surface area contributed by atoms with Crippen LogP contribution >= 0.6 is 0 Å². The van der Waals surface area contributed by atoms with Crippen LogP contribution in [0.5, 0.6) is 0 Å². The molecule has 112 valence electrons. The summed E-state index contributed by atoms with van der Waals surface area (Å²) in [5.74, 6) is 0.668. The first-order chi connectivity index (χ1) is 11.2. The number of benzene rings is 2. The number of nitrogens with one attached hydrogen (secondary N) is 2. The standard InChI is InChI=1S/C16H11N5O2/c22-21(23)11-5-3-4-10(8-11)15-12(9-17-20-15)16-18-13-6-1-2-7-14(13)19-16/h1-9H,(H,17,20)(H,18,19). The van der Waals surface area contributed by atoms with Crippen molar-refractivity contribution in [2.75, 3.05) is 0 Å². The van der Waals surface area contributed by atoms with Crippen LogP contribution in [0, 0.1) is 10.1 Å². The van der Waals surface area contributed by atoms with Crippen molar-refractivity contribution in [3.63, 3.8) is 0 Å². The summed E-state index contributed by atoms with van der Waals surface area (Å²) in [5.41, 5.74) is 3.96. The van der Waals surface area contributed by atoms with Crippen molar-refractivity contribution in [3.05, 3.63) is 64.8 Å². The Morgan fingerprint density at radius 3 is 2.78 bits per heavy atom. The summed E-state index contributed by atoms with van der Waals surface area (Å²) in [4.78, 5) is 18.3. The maximum Gasteiger partial charge on any atom is 0.270 e. The minimum atomic E-state index is -0.416. The van der Waals surface area contributed by atoms with Crippen LogP contribution in [0.4, 0.5) is 5.69 Å². The van der Waals surface area contributed by atoms with Gasteiger partial charge in [0.1, 0.15) is 5.82 Å². The molecule has 2 aromatic heterocycles. The lowest BCUT2D eigenvalue weighted by Crippen LogP contribution is -1.89. The van der Waals surface area contributed by atoms with Gasteiger partial charge in [-0.1, -0.05) is 24.3 Å². The molecule has 0 bridgehead atoms. The van der Waals surface area contributed by atoms with Crippen LogP contribution < -0.4 is 0 Å². The number of hydrogen-bond donors (Lipinski definition) is 2. The predicted molar refractivity (Wildman–Crippen MR) is 85.8 cm³/mol. The fourth-order valence-electron chi connectivity index (χ4n) is 2.54. The summed E-state index contributed by atoms with van der Waals surface area (Å²) in [6.45, 7) is 0. The second kappa shape index (κ2) is 5.06. The van der Waals surface area contributed by atoms with Crippen LogP contribution in [0.1, 0.15) is 0 Å². The van der Waals surface area contributed by atoms with Gasteiger partial charge in [-0.15, -0.1) is 0 Å². The summed E-state index contributed by atoms with van der Waals surface area (Å²) < 4.78 is 0. The molecule has 4 aromatic rings. The third-order valence-corrected chi connectivity index (χ3v) is 3.63. The van der Waals surface area contributed by atoms with Gasteiger partial charge in [0.25, 0.3) is 5.69 Å². The molecule has 0 aliphatic rings. The molecule has 7 nitrogen and oxygen atoms in total. The summed E-state index contributed by atoms with van der Waals surface area (Å²) in [7, 11) is 0. The van der Waals surface area contributed by atoms with E-state index in [-0.39, 0.29) is 5.69 Å². The van der Waals surface area contributed by atoms with Gasteiger partial charge >= 0.3 is 0 Å². The van der Waals surface area contributed by atoms with Gasteiger partial charge < -0.3 is 4.98 Å². The average molecular weight is 305 g/mol. The lowest BCUT2D eigenvalue weighted by molar-refractivity contribution is -0.384. The molecule has 0 saturated carbocycles. The first kappa shape index (κ1) is 13.2. The molecule has 0 saturated heterocycles. The van der Waals surface area contributed by atoms with Crippen LogP contribution in [0.3, 0.4) is 0 Å². The highest BCUT2D eigenvalue weighted by Crippen LogP contribution is 2.31. The maximum absolute atomic E-state index is 11.0. The molecule has 0 aliphatic heterocycles. The fraction of sp³-hybridized carbons (Fsp3) is 0. The lowest BCUT2D eigenvalue weighted by Gasteiger charge is -2.01. The monoisotopic (exact) mass is 305 g/mol. The molecule has 2 heterocycles. The van der Waals surface area contributed by atoms with E-state index in [1.165, 1.54) is 12.1 Å².